The maximum Gasteiger partial charge on any atom is 0.0824 e. The first-order chi connectivity index (χ1) is 6.77. The van der Waals surface area contributed by atoms with E-state index in [1.165, 1.54) is 10.2 Å². The van der Waals surface area contributed by atoms with Gasteiger partial charge in [-0.15, -0.1) is 11.3 Å². The van der Waals surface area contributed by atoms with Gasteiger partial charge in [-0.2, -0.15) is 0 Å². The molecule has 0 spiro atoms. The van der Waals surface area contributed by atoms with Crippen molar-refractivity contribution in [2.24, 2.45) is 0 Å². The van der Waals surface area contributed by atoms with E-state index >= 15 is 0 Å². The molecule has 0 saturated carbocycles. The Bertz CT molecular complexity index is 425. The van der Waals surface area contributed by atoms with Crippen LogP contribution in [0.1, 0.15) is 13.8 Å². The number of thiophene rings is 1. The minimum Gasteiger partial charge on any atom is -0.396 e. The second-order valence-corrected chi connectivity index (χ2v) is 4.12. The summed E-state index contributed by atoms with van der Waals surface area (Å²) in [6.45, 7) is 6.29. The van der Waals surface area contributed by atoms with Crippen molar-refractivity contribution in [3.63, 3.8) is 0 Å². The summed E-state index contributed by atoms with van der Waals surface area (Å²) in [5, 5.41) is 4.34. The molecule has 0 amide bonds. The summed E-state index contributed by atoms with van der Waals surface area (Å²) in [5.74, 6) is 0. The molecule has 0 bridgehead atoms. The van der Waals surface area contributed by atoms with Crippen molar-refractivity contribution in [1.29, 1.82) is 0 Å². The third-order valence-electron chi connectivity index (χ3n) is 2.45. The molecule has 2 aromatic rings. The van der Waals surface area contributed by atoms with Crippen LogP contribution in [0.2, 0.25) is 0 Å². The van der Waals surface area contributed by atoms with Crippen LogP contribution >= 0.6 is 11.3 Å². The molecule has 0 aliphatic rings. The lowest BCUT2D eigenvalue weighted by molar-refractivity contribution is 0.640. The minimum atomic E-state index is 0.877. The first-order valence-electron chi connectivity index (χ1n) is 4.87. The van der Waals surface area contributed by atoms with Crippen molar-refractivity contribution in [3.8, 4) is 0 Å². The Morgan fingerprint density at radius 1 is 1.43 bits per heavy atom. The van der Waals surface area contributed by atoms with Gasteiger partial charge in [-0.25, -0.2) is 0 Å². The Morgan fingerprint density at radius 3 is 2.79 bits per heavy atom. The zero-order chi connectivity index (χ0) is 10.1. The highest BCUT2D eigenvalue weighted by molar-refractivity contribution is 7.17. The van der Waals surface area contributed by atoms with Gasteiger partial charge in [0.25, 0.3) is 0 Å². The number of fused-ring (bicyclic) bond motifs is 1. The zero-order valence-corrected chi connectivity index (χ0v) is 9.34. The van der Waals surface area contributed by atoms with Crippen LogP contribution in [0.15, 0.2) is 17.6 Å². The van der Waals surface area contributed by atoms with Gasteiger partial charge in [0, 0.05) is 13.1 Å². The van der Waals surface area contributed by atoms with Crippen molar-refractivity contribution < 1.29 is 0 Å². The Kier molecular flexibility index (Phi) is 2.37. The molecule has 0 radical (unpaired) electrons. The SMILES string of the molecule is CCN(CC)n1cc(N)c2sccc21. The van der Waals surface area contributed by atoms with Gasteiger partial charge in [-0.05, 0) is 25.3 Å². The lowest BCUT2D eigenvalue weighted by atomic mass is 10.5. The highest BCUT2D eigenvalue weighted by atomic mass is 32.1. The molecular weight excluding hydrogens is 194 g/mol. The lowest BCUT2D eigenvalue weighted by Crippen LogP contribution is -2.33. The molecule has 0 aliphatic heterocycles. The van der Waals surface area contributed by atoms with Crippen molar-refractivity contribution in [1.82, 2.24) is 4.68 Å². The molecule has 2 rings (SSSR count). The normalized spacial score (nSPS) is 11.0. The van der Waals surface area contributed by atoms with Crippen LogP contribution in [0.5, 0.6) is 0 Å². The minimum absolute atomic E-state index is 0.877. The zero-order valence-electron chi connectivity index (χ0n) is 8.53. The predicted molar refractivity (Wildman–Crippen MR) is 63.5 cm³/mol. The third-order valence-corrected chi connectivity index (χ3v) is 3.40. The monoisotopic (exact) mass is 209 g/mol. The molecule has 3 nitrogen and oxygen atoms in total. The van der Waals surface area contributed by atoms with Crippen LogP contribution in [0, 0.1) is 0 Å². The molecular formula is C10H15N3S. The van der Waals surface area contributed by atoms with E-state index in [0.717, 1.165) is 18.8 Å². The first kappa shape index (κ1) is 9.40. The number of hydrogen-bond acceptors (Lipinski definition) is 3. The van der Waals surface area contributed by atoms with Gasteiger partial charge in [0.05, 0.1) is 22.1 Å². The smallest absolute Gasteiger partial charge is 0.0824 e. The fourth-order valence-corrected chi connectivity index (χ4v) is 2.53. The highest BCUT2D eigenvalue weighted by Gasteiger charge is 2.10. The van der Waals surface area contributed by atoms with Crippen LogP contribution in [-0.2, 0) is 0 Å². The fourth-order valence-electron chi connectivity index (χ4n) is 1.72. The molecule has 0 fully saturated rings. The molecule has 2 heterocycles. The average molecular weight is 209 g/mol. The standard InChI is InChI=1S/C10H15N3S/c1-3-12(4-2)13-7-8(11)10-9(13)5-6-14-10/h5-7H,3-4,11H2,1-2H3. The Morgan fingerprint density at radius 2 is 2.14 bits per heavy atom. The number of anilines is 1. The molecule has 2 aromatic heterocycles. The number of nitrogen functional groups attached to an aromatic ring is 1. The lowest BCUT2D eigenvalue weighted by Gasteiger charge is -2.22. The maximum absolute atomic E-state index is 5.93. The van der Waals surface area contributed by atoms with Gasteiger partial charge in [0.2, 0.25) is 0 Å². The molecule has 0 aromatic carbocycles. The van der Waals surface area contributed by atoms with E-state index < -0.39 is 0 Å². The predicted octanol–water partition coefficient (Wildman–Crippen LogP) is 2.26. The highest BCUT2D eigenvalue weighted by Crippen LogP contribution is 2.28. The van der Waals surface area contributed by atoms with Gasteiger partial charge >= 0.3 is 0 Å². The molecule has 0 aliphatic carbocycles. The first-order valence-corrected chi connectivity index (χ1v) is 5.75. The second kappa shape index (κ2) is 3.53. The summed E-state index contributed by atoms with van der Waals surface area (Å²) >= 11 is 1.70. The Balaban J connectivity index is 2.55. The Hall–Kier alpha value is -1.16. The molecule has 0 saturated heterocycles. The Labute approximate surface area is 87.7 Å². The van der Waals surface area contributed by atoms with Crippen molar-refractivity contribution in [3.05, 3.63) is 17.6 Å². The molecule has 0 atom stereocenters. The van der Waals surface area contributed by atoms with E-state index in [1.54, 1.807) is 11.3 Å². The largest absolute Gasteiger partial charge is 0.396 e. The van der Waals surface area contributed by atoms with Crippen molar-refractivity contribution in [2.75, 3.05) is 23.8 Å². The quantitative estimate of drug-likeness (QED) is 0.841. The summed E-state index contributed by atoms with van der Waals surface area (Å²) in [5.41, 5.74) is 8.03. The van der Waals surface area contributed by atoms with E-state index in [1.807, 2.05) is 6.20 Å². The van der Waals surface area contributed by atoms with E-state index in [-0.39, 0.29) is 0 Å². The van der Waals surface area contributed by atoms with Gasteiger partial charge < -0.3 is 10.7 Å². The van der Waals surface area contributed by atoms with Gasteiger partial charge in [-0.3, -0.25) is 4.68 Å². The molecule has 0 unspecified atom stereocenters. The van der Waals surface area contributed by atoms with E-state index in [9.17, 15) is 0 Å². The number of rotatable bonds is 3. The topological polar surface area (TPSA) is 34.2 Å². The maximum atomic E-state index is 5.93. The van der Waals surface area contributed by atoms with Gasteiger partial charge in [-0.1, -0.05) is 0 Å². The van der Waals surface area contributed by atoms with Crippen molar-refractivity contribution in [2.45, 2.75) is 13.8 Å². The summed E-state index contributed by atoms with van der Waals surface area (Å²) < 4.78 is 3.35. The third kappa shape index (κ3) is 1.26. The summed E-state index contributed by atoms with van der Waals surface area (Å²) in [6.07, 6.45) is 2.01. The average Bonchev–Trinajstić information content (AvgIpc) is 2.74. The number of nitrogens with zero attached hydrogens (tertiary/aromatic N) is 2. The second-order valence-electron chi connectivity index (χ2n) is 3.20. The van der Waals surface area contributed by atoms with Crippen LogP contribution in [-0.4, -0.2) is 17.8 Å². The summed E-state index contributed by atoms with van der Waals surface area (Å²) in [7, 11) is 0. The molecule has 76 valence electrons. The van der Waals surface area contributed by atoms with Crippen LogP contribution in [0.25, 0.3) is 10.2 Å². The molecule has 14 heavy (non-hydrogen) atoms. The van der Waals surface area contributed by atoms with Gasteiger partial charge in [0.15, 0.2) is 0 Å². The van der Waals surface area contributed by atoms with Crippen LogP contribution in [0.3, 0.4) is 0 Å². The van der Waals surface area contributed by atoms with Crippen LogP contribution < -0.4 is 10.7 Å². The van der Waals surface area contributed by atoms with E-state index in [2.05, 4.69) is 35.0 Å². The molecule has 2 N–H and O–H groups in total. The number of hydrogen-bond donors (Lipinski definition) is 1. The van der Waals surface area contributed by atoms with E-state index in [4.69, 9.17) is 5.73 Å². The molecule has 4 heteroatoms. The van der Waals surface area contributed by atoms with Gasteiger partial charge in [0.1, 0.15) is 0 Å². The van der Waals surface area contributed by atoms with E-state index in [0.29, 0.717) is 0 Å². The summed E-state index contributed by atoms with van der Waals surface area (Å²) in [4.78, 5) is 0. The van der Waals surface area contributed by atoms with Crippen LogP contribution in [0.4, 0.5) is 5.69 Å². The number of aromatic nitrogens is 1. The number of nitrogens with two attached hydrogens (primary N) is 1. The fraction of sp³-hybridized carbons (Fsp3) is 0.400. The summed E-state index contributed by atoms with van der Waals surface area (Å²) in [6, 6.07) is 2.12. The van der Waals surface area contributed by atoms with Crippen molar-refractivity contribution >= 4 is 27.2 Å².